The molecule has 2 aromatic rings. The van der Waals surface area contributed by atoms with E-state index in [2.05, 4.69) is 10.2 Å². The molecule has 0 aliphatic heterocycles. The van der Waals surface area contributed by atoms with E-state index in [9.17, 15) is 5.11 Å². The summed E-state index contributed by atoms with van der Waals surface area (Å²) in [4.78, 5) is 0. The Bertz CT molecular complexity index is 656. The van der Waals surface area contributed by atoms with Gasteiger partial charge in [-0.3, -0.25) is 0 Å². The second kappa shape index (κ2) is 6.70. The van der Waals surface area contributed by atoms with Crippen LogP contribution in [0, 0.1) is 0 Å². The van der Waals surface area contributed by atoms with Crippen molar-refractivity contribution in [3.05, 3.63) is 59.7 Å². The van der Waals surface area contributed by atoms with E-state index in [4.69, 9.17) is 4.74 Å². The van der Waals surface area contributed by atoms with Crippen molar-refractivity contribution in [2.45, 2.75) is 13.8 Å². The Balaban J connectivity index is 2.17. The van der Waals surface area contributed by atoms with E-state index in [1.807, 2.05) is 50.2 Å². The van der Waals surface area contributed by atoms with Gasteiger partial charge < -0.3 is 9.84 Å². The van der Waals surface area contributed by atoms with E-state index in [1.54, 1.807) is 19.2 Å². The maximum Gasteiger partial charge on any atom is 0.118 e. The van der Waals surface area contributed by atoms with Crippen LogP contribution in [0.5, 0.6) is 11.5 Å². The summed E-state index contributed by atoms with van der Waals surface area (Å²) in [7, 11) is 1.64. The molecule has 0 aromatic heterocycles. The fourth-order valence-electron chi connectivity index (χ4n) is 1.80. The molecule has 21 heavy (non-hydrogen) atoms. The summed E-state index contributed by atoms with van der Waals surface area (Å²) in [5.41, 5.74) is 3.55. The minimum absolute atomic E-state index is 0.240. The minimum atomic E-state index is 0.240. The van der Waals surface area contributed by atoms with Crippen LogP contribution in [-0.4, -0.2) is 23.6 Å². The predicted octanol–water partition coefficient (Wildman–Crippen LogP) is 3.63. The van der Waals surface area contributed by atoms with Gasteiger partial charge >= 0.3 is 0 Å². The number of benzene rings is 2. The SMILES string of the molecule is COc1ccc(/C(C)=N/N=C(\C)c2ccc(O)cc2)cc1. The van der Waals surface area contributed by atoms with Gasteiger partial charge in [0, 0.05) is 0 Å². The van der Waals surface area contributed by atoms with Crippen LogP contribution in [0.1, 0.15) is 25.0 Å². The number of nitrogens with zero attached hydrogens (tertiary/aromatic N) is 2. The maximum atomic E-state index is 9.27. The molecule has 0 spiro atoms. The standard InChI is InChI=1S/C17H18N2O2/c1-12(14-4-8-16(20)9-5-14)18-19-13(2)15-6-10-17(21-3)11-7-15/h4-11,20H,1-3H3/b18-12+,19-13+. The fourth-order valence-corrected chi connectivity index (χ4v) is 1.80. The topological polar surface area (TPSA) is 54.2 Å². The molecule has 2 rings (SSSR count). The van der Waals surface area contributed by atoms with Gasteiger partial charge in [0.05, 0.1) is 18.5 Å². The predicted molar refractivity (Wildman–Crippen MR) is 85.5 cm³/mol. The van der Waals surface area contributed by atoms with E-state index in [1.165, 1.54) is 0 Å². The molecule has 2 aromatic carbocycles. The van der Waals surface area contributed by atoms with E-state index < -0.39 is 0 Å². The van der Waals surface area contributed by atoms with Crippen LogP contribution >= 0.6 is 0 Å². The minimum Gasteiger partial charge on any atom is -0.508 e. The Morgan fingerprint density at radius 3 is 1.67 bits per heavy atom. The molecule has 0 unspecified atom stereocenters. The number of phenols is 1. The summed E-state index contributed by atoms with van der Waals surface area (Å²) in [5.74, 6) is 1.06. The van der Waals surface area contributed by atoms with Crippen molar-refractivity contribution < 1.29 is 9.84 Å². The molecule has 0 saturated carbocycles. The fraction of sp³-hybridized carbons (Fsp3) is 0.176. The largest absolute Gasteiger partial charge is 0.508 e. The number of methoxy groups -OCH3 is 1. The molecule has 108 valence electrons. The van der Waals surface area contributed by atoms with E-state index >= 15 is 0 Å². The molecule has 1 N–H and O–H groups in total. The number of ether oxygens (including phenoxy) is 1. The van der Waals surface area contributed by atoms with E-state index in [-0.39, 0.29) is 5.75 Å². The van der Waals surface area contributed by atoms with Crippen molar-refractivity contribution in [1.82, 2.24) is 0 Å². The highest BCUT2D eigenvalue weighted by Gasteiger charge is 2.00. The molecule has 4 nitrogen and oxygen atoms in total. The van der Waals surface area contributed by atoms with Crippen molar-refractivity contribution in [1.29, 1.82) is 0 Å². The Kier molecular flexibility index (Phi) is 4.72. The van der Waals surface area contributed by atoms with E-state index in [0.29, 0.717) is 0 Å². The van der Waals surface area contributed by atoms with E-state index in [0.717, 1.165) is 28.3 Å². The summed E-state index contributed by atoms with van der Waals surface area (Å²) in [6.45, 7) is 3.80. The molecule has 4 heteroatoms. The highest BCUT2D eigenvalue weighted by molar-refractivity contribution is 6.01. The second-order valence-corrected chi connectivity index (χ2v) is 4.65. The molecular weight excluding hydrogens is 264 g/mol. The number of aromatic hydroxyl groups is 1. The molecule has 0 aliphatic carbocycles. The van der Waals surface area contributed by atoms with Crippen LogP contribution < -0.4 is 4.74 Å². The van der Waals surface area contributed by atoms with Gasteiger partial charge in [-0.2, -0.15) is 10.2 Å². The summed E-state index contributed by atoms with van der Waals surface area (Å²) < 4.78 is 5.13. The number of phenolic OH excluding ortho intramolecular Hbond substituents is 1. The van der Waals surface area contributed by atoms with Gasteiger partial charge in [0.25, 0.3) is 0 Å². The maximum absolute atomic E-state index is 9.27. The van der Waals surface area contributed by atoms with Crippen molar-refractivity contribution in [3.63, 3.8) is 0 Å². The molecule has 0 atom stereocenters. The molecule has 0 aliphatic rings. The molecule has 0 heterocycles. The quantitative estimate of drug-likeness (QED) is 0.687. The normalized spacial score (nSPS) is 12.3. The third-order valence-corrected chi connectivity index (χ3v) is 3.14. The zero-order valence-corrected chi connectivity index (χ0v) is 12.4. The van der Waals surface area contributed by atoms with Crippen LogP contribution in [0.25, 0.3) is 0 Å². The first-order valence-corrected chi connectivity index (χ1v) is 6.63. The average molecular weight is 282 g/mol. The molecular formula is C17H18N2O2. The second-order valence-electron chi connectivity index (χ2n) is 4.65. The first-order valence-electron chi connectivity index (χ1n) is 6.63. The first-order chi connectivity index (χ1) is 10.1. The molecule has 0 fully saturated rings. The van der Waals surface area contributed by atoms with Crippen LogP contribution in [0.3, 0.4) is 0 Å². The van der Waals surface area contributed by atoms with Crippen molar-refractivity contribution in [2.24, 2.45) is 10.2 Å². The Morgan fingerprint density at radius 2 is 1.24 bits per heavy atom. The average Bonchev–Trinajstić information content (AvgIpc) is 2.53. The molecule has 0 amide bonds. The van der Waals surface area contributed by atoms with Gasteiger partial charge in [-0.05, 0) is 73.5 Å². The van der Waals surface area contributed by atoms with Crippen LogP contribution in [0.2, 0.25) is 0 Å². The van der Waals surface area contributed by atoms with Gasteiger partial charge in [0.1, 0.15) is 11.5 Å². The molecule has 0 radical (unpaired) electrons. The monoisotopic (exact) mass is 282 g/mol. The van der Waals surface area contributed by atoms with Crippen LogP contribution in [0.15, 0.2) is 58.7 Å². The number of hydrogen-bond donors (Lipinski definition) is 1. The zero-order valence-electron chi connectivity index (χ0n) is 12.4. The van der Waals surface area contributed by atoms with Crippen molar-refractivity contribution in [2.75, 3.05) is 7.11 Å². The molecule has 0 bridgehead atoms. The number of hydrogen-bond acceptors (Lipinski definition) is 4. The van der Waals surface area contributed by atoms with Gasteiger partial charge in [0.2, 0.25) is 0 Å². The number of rotatable bonds is 4. The lowest BCUT2D eigenvalue weighted by molar-refractivity contribution is 0.415. The van der Waals surface area contributed by atoms with Crippen LogP contribution in [-0.2, 0) is 0 Å². The zero-order chi connectivity index (χ0) is 15.2. The van der Waals surface area contributed by atoms with Crippen molar-refractivity contribution in [3.8, 4) is 11.5 Å². The summed E-state index contributed by atoms with van der Waals surface area (Å²) in [6, 6.07) is 14.6. The summed E-state index contributed by atoms with van der Waals surface area (Å²) in [6.07, 6.45) is 0. The third kappa shape index (κ3) is 3.92. The third-order valence-electron chi connectivity index (χ3n) is 3.14. The molecule has 0 saturated heterocycles. The lowest BCUT2D eigenvalue weighted by Gasteiger charge is -2.02. The Morgan fingerprint density at radius 1 is 0.810 bits per heavy atom. The summed E-state index contributed by atoms with van der Waals surface area (Å²) >= 11 is 0. The first kappa shape index (κ1) is 14.8. The van der Waals surface area contributed by atoms with Crippen LogP contribution in [0.4, 0.5) is 0 Å². The smallest absolute Gasteiger partial charge is 0.118 e. The highest BCUT2D eigenvalue weighted by atomic mass is 16.5. The van der Waals surface area contributed by atoms with Crippen molar-refractivity contribution >= 4 is 11.4 Å². The van der Waals surface area contributed by atoms with Gasteiger partial charge in [-0.1, -0.05) is 0 Å². The summed E-state index contributed by atoms with van der Waals surface area (Å²) in [5, 5.41) is 17.8. The Labute approximate surface area is 124 Å². The van der Waals surface area contributed by atoms with Gasteiger partial charge in [0.15, 0.2) is 0 Å². The lowest BCUT2D eigenvalue weighted by atomic mass is 10.1. The van der Waals surface area contributed by atoms with Gasteiger partial charge in [-0.15, -0.1) is 0 Å². The highest BCUT2D eigenvalue weighted by Crippen LogP contribution is 2.13. The lowest BCUT2D eigenvalue weighted by Crippen LogP contribution is -1.97. The Hall–Kier alpha value is -2.62. The van der Waals surface area contributed by atoms with Gasteiger partial charge in [-0.25, -0.2) is 0 Å².